The predicted octanol–water partition coefficient (Wildman–Crippen LogP) is 3.24. The minimum Gasteiger partial charge on any atom is -0.493 e. The predicted molar refractivity (Wildman–Crippen MR) is 136 cm³/mol. The van der Waals surface area contributed by atoms with Gasteiger partial charge in [0.15, 0.2) is 21.3 Å². The lowest BCUT2D eigenvalue weighted by Gasteiger charge is -2.46. The third kappa shape index (κ3) is 6.54. The van der Waals surface area contributed by atoms with Gasteiger partial charge in [0, 0.05) is 32.7 Å². The molecule has 2 aliphatic rings. The molecule has 0 N–H and O–H groups in total. The van der Waals surface area contributed by atoms with Crippen molar-refractivity contribution in [3.05, 3.63) is 53.6 Å². The maximum Gasteiger partial charge on any atom is 0.178 e. The molecule has 2 heterocycles. The van der Waals surface area contributed by atoms with Crippen LogP contribution >= 0.6 is 0 Å². The quantitative estimate of drug-likeness (QED) is 0.498. The van der Waals surface area contributed by atoms with Crippen molar-refractivity contribution < 1.29 is 17.9 Å². The highest BCUT2D eigenvalue weighted by atomic mass is 32.2. The molecule has 8 heteroatoms. The fourth-order valence-electron chi connectivity index (χ4n) is 5.52. The van der Waals surface area contributed by atoms with Crippen LogP contribution in [-0.4, -0.2) is 77.5 Å². The van der Waals surface area contributed by atoms with Crippen LogP contribution in [0.4, 0.5) is 0 Å². The van der Waals surface area contributed by atoms with E-state index in [4.69, 9.17) is 14.7 Å². The number of methoxy groups -OCH3 is 2. The van der Waals surface area contributed by atoms with E-state index in [2.05, 4.69) is 21.9 Å². The molecule has 0 aromatic heterocycles. The first kappa shape index (κ1) is 25.5. The lowest BCUT2D eigenvalue weighted by molar-refractivity contribution is 0.0320. The average molecular weight is 498 g/mol. The molecule has 2 bridgehead atoms. The summed E-state index contributed by atoms with van der Waals surface area (Å²) in [5.41, 5.74) is 1.73. The molecular formula is C27H35N3O4S. The number of ether oxygens (including phenoxy) is 2. The number of likely N-dealkylation sites (tertiary alicyclic amines) is 2. The Balaban J connectivity index is 1.23. The van der Waals surface area contributed by atoms with Crippen molar-refractivity contribution in [2.75, 3.05) is 59.2 Å². The fourth-order valence-corrected chi connectivity index (χ4v) is 6.81. The number of sulfone groups is 1. The first-order valence-electron chi connectivity index (χ1n) is 12.3. The molecule has 4 rings (SSSR count). The van der Waals surface area contributed by atoms with Gasteiger partial charge >= 0.3 is 0 Å². The Morgan fingerprint density at radius 1 is 0.914 bits per heavy atom. The molecule has 2 fully saturated rings. The Kier molecular flexibility index (Phi) is 8.32. The van der Waals surface area contributed by atoms with E-state index < -0.39 is 9.84 Å². The van der Waals surface area contributed by atoms with Gasteiger partial charge in [-0.1, -0.05) is 6.07 Å². The average Bonchev–Trinajstić information content (AvgIpc) is 2.86. The Bertz CT molecular complexity index is 1130. The highest BCUT2D eigenvalue weighted by molar-refractivity contribution is 7.91. The molecule has 7 nitrogen and oxygen atoms in total. The molecule has 35 heavy (non-hydrogen) atoms. The molecule has 2 aliphatic heterocycles. The lowest BCUT2D eigenvalue weighted by Crippen LogP contribution is -2.53. The minimum absolute atomic E-state index is 0.141. The highest BCUT2D eigenvalue weighted by Crippen LogP contribution is 2.30. The molecular weight excluding hydrogens is 462 g/mol. The molecule has 0 saturated carbocycles. The summed E-state index contributed by atoms with van der Waals surface area (Å²) in [7, 11) is 0.00483. The Morgan fingerprint density at radius 2 is 1.54 bits per heavy atom. The monoisotopic (exact) mass is 497 g/mol. The first-order valence-corrected chi connectivity index (χ1v) is 13.9. The summed E-state index contributed by atoms with van der Waals surface area (Å²) in [6.07, 6.45) is 2.88. The SMILES string of the molecule is COc1ccc(CCN2CC3CC(CN(CCCS(=O)(=O)c4ccc(C#N)cc4)C3)C2)cc1OC. The molecule has 188 valence electrons. The molecule has 2 unspecified atom stereocenters. The number of hydrogen-bond acceptors (Lipinski definition) is 7. The lowest BCUT2D eigenvalue weighted by atomic mass is 9.84. The molecule has 0 radical (unpaired) electrons. The van der Waals surface area contributed by atoms with E-state index in [1.54, 1.807) is 26.4 Å². The van der Waals surface area contributed by atoms with Crippen molar-refractivity contribution in [1.29, 1.82) is 5.26 Å². The number of nitriles is 1. The van der Waals surface area contributed by atoms with E-state index in [1.165, 1.54) is 24.1 Å². The van der Waals surface area contributed by atoms with E-state index in [0.29, 0.717) is 28.7 Å². The maximum absolute atomic E-state index is 12.7. The van der Waals surface area contributed by atoms with Crippen LogP contribution in [0, 0.1) is 23.2 Å². The van der Waals surface area contributed by atoms with Crippen LogP contribution in [0.1, 0.15) is 24.0 Å². The number of nitrogens with zero attached hydrogens (tertiary/aromatic N) is 3. The zero-order chi connectivity index (χ0) is 24.8. The van der Waals surface area contributed by atoms with Crippen LogP contribution in [0.15, 0.2) is 47.4 Å². The van der Waals surface area contributed by atoms with Crippen molar-refractivity contribution in [2.24, 2.45) is 11.8 Å². The van der Waals surface area contributed by atoms with Gasteiger partial charge in [-0.05, 0) is 79.6 Å². The van der Waals surface area contributed by atoms with E-state index in [-0.39, 0.29) is 5.75 Å². The van der Waals surface area contributed by atoms with E-state index in [9.17, 15) is 8.42 Å². The second-order valence-corrected chi connectivity index (χ2v) is 11.8. The second-order valence-electron chi connectivity index (χ2n) is 9.73. The van der Waals surface area contributed by atoms with Crippen molar-refractivity contribution >= 4 is 9.84 Å². The van der Waals surface area contributed by atoms with Crippen LogP contribution in [-0.2, 0) is 16.3 Å². The van der Waals surface area contributed by atoms with Crippen LogP contribution in [0.3, 0.4) is 0 Å². The van der Waals surface area contributed by atoms with Crippen molar-refractivity contribution in [3.63, 3.8) is 0 Å². The smallest absolute Gasteiger partial charge is 0.178 e. The molecule has 2 atom stereocenters. The number of rotatable bonds is 10. The largest absolute Gasteiger partial charge is 0.493 e. The Morgan fingerprint density at radius 3 is 2.14 bits per heavy atom. The summed E-state index contributed by atoms with van der Waals surface area (Å²) in [4.78, 5) is 5.35. The Labute approximate surface area is 209 Å². The number of fused-ring (bicyclic) bond motifs is 2. The van der Waals surface area contributed by atoms with Crippen molar-refractivity contribution in [1.82, 2.24) is 9.80 Å². The van der Waals surface area contributed by atoms with Gasteiger partial charge in [0.1, 0.15) is 0 Å². The standard InChI is InChI=1S/C27H35N3O4S/c1-33-26-9-6-21(15-27(26)34-2)10-12-30-19-23-14-24(20-30)18-29(17-23)11-3-13-35(31,32)25-7-4-22(16-28)5-8-25/h4-9,15,23-24H,3,10-14,17-20H2,1-2H3. The maximum atomic E-state index is 12.7. The summed E-state index contributed by atoms with van der Waals surface area (Å²) in [6.45, 7) is 6.13. The zero-order valence-corrected chi connectivity index (χ0v) is 21.5. The van der Waals surface area contributed by atoms with E-state index in [1.807, 2.05) is 12.1 Å². The van der Waals surface area contributed by atoms with Gasteiger partial charge < -0.3 is 19.3 Å². The summed E-state index contributed by atoms with van der Waals surface area (Å²) in [5, 5.41) is 8.90. The molecule has 2 aromatic carbocycles. The van der Waals surface area contributed by atoms with Crippen LogP contribution in [0.5, 0.6) is 11.5 Å². The van der Waals surface area contributed by atoms with Gasteiger partial charge in [-0.25, -0.2) is 8.42 Å². The third-order valence-electron chi connectivity index (χ3n) is 7.13. The van der Waals surface area contributed by atoms with Crippen LogP contribution in [0.25, 0.3) is 0 Å². The van der Waals surface area contributed by atoms with Crippen molar-refractivity contribution in [3.8, 4) is 17.6 Å². The van der Waals surface area contributed by atoms with Gasteiger partial charge in [-0.3, -0.25) is 0 Å². The van der Waals surface area contributed by atoms with Crippen LogP contribution in [0.2, 0.25) is 0 Å². The zero-order valence-electron chi connectivity index (χ0n) is 20.7. The Hall–Kier alpha value is -2.60. The summed E-state index contributed by atoms with van der Waals surface area (Å²) >= 11 is 0. The fraction of sp³-hybridized carbons (Fsp3) is 0.519. The topological polar surface area (TPSA) is 82.9 Å². The summed E-state index contributed by atoms with van der Waals surface area (Å²) < 4.78 is 36.1. The number of benzene rings is 2. The van der Waals surface area contributed by atoms with E-state index >= 15 is 0 Å². The summed E-state index contributed by atoms with van der Waals surface area (Å²) in [5.74, 6) is 2.96. The second kappa shape index (κ2) is 11.4. The van der Waals surface area contributed by atoms with Gasteiger partial charge in [0.05, 0.1) is 36.5 Å². The van der Waals surface area contributed by atoms with Crippen molar-refractivity contribution in [2.45, 2.75) is 24.2 Å². The normalized spacial score (nSPS) is 20.8. The number of piperidine rings is 2. The van der Waals surface area contributed by atoms with Gasteiger partial charge in [0.2, 0.25) is 0 Å². The third-order valence-corrected chi connectivity index (χ3v) is 8.94. The van der Waals surface area contributed by atoms with Crippen LogP contribution < -0.4 is 9.47 Å². The number of hydrogen-bond donors (Lipinski definition) is 0. The molecule has 0 spiro atoms. The van der Waals surface area contributed by atoms with Gasteiger partial charge in [-0.2, -0.15) is 5.26 Å². The molecule has 2 aromatic rings. The molecule has 0 aliphatic carbocycles. The van der Waals surface area contributed by atoms with Gasteiger partial charge in [0.25, 0.3) is 0 Å². The first-order chi connectivity index (χ1) is 16.9. The minimum atomic E-state index is -3.32. The highest BCUT2D eigenvalue weighted by Gasteiger charge is 2.33. The molecule has 0 amide bonds. The van der Waals surface area contributed by atoms with E-state index in [0.717, 1.165) is 57.2 Å². The molecule has 2 saturated heterocycles. The van der Waals surface area contributed by atoms with Gasteiger partial charge in [-0.15, -0.1) is 0 Å². The summed E-state index contributed by atoms with van der Waals surface area (Å²) in [6, 6.07) is 14.4.